The van der Waals surface area contributed by atoms with Gasteiger partial charge >= 0.3 is 0 Å². The normalized spacial score (nSPS) is 23.8. The maximum absolute atomic E-state index is 4.45. The first kappa shape index (κ1) is 8.95. The zero-order valence-corrected chi connectivity index (χ0v) is 9.02. The number of nitrogens with zero attached hydrogens (tertiary/aromatic N) is 2. The second kappa shape index (κ2) is 2.68. The Bertz CT molecular complexity index is 292. The van der Waals surface area contributed by atoms with Crippen LogP contribution in [0.15, 0.2) is 16.1 Å². The van der Waals surface area contributed by atoms with Gasteiger partial charge in [0.25, 0.3) is 0 Å². The molecule has 2 heterocycles. The minimum absolute atomic E-state index is 0.296. The van der Waals surface area contributed by atoms with Crippen molar-refractivity contribution < 1.29 is 0 Å². The van der Waals surface area contributed by atoms with E-state index in [9.17, 15) is 0 Å². The van der Waals surface area contributed by atoms with E-state index in [4.69, 9.17) is 0 Å². The molecule has 0 fully saturated rings. The Morgan fingerprint density at radius 2 is 1.92 bits per heavy atom. The van der Waals surface area contributed by atoms with Crippen molar-refractivity contribution in [2.24, 2.45) is 4.99 Å². The standard InChI is InChI=1S/C11H18N2/c1-8-10-7-13(11(2,3)4)6-9(10)5-12-8/h5-7H2,1-4H3. The van der Waals surface area contributed by atoms with Crippen LogP contribution in [-0.2, 0) is 0 Å². The van der Waals surface area contributed by atoms with Gasteiger partial charge in [-0.15, -0.1) is 0 Å². The van der Waals surface area contributed by atoms with E-state index in [2.05, 4.69) is 37.6 Å². The van der Waals surface area contributed by atoms with E-state index in [0.717, 1.165) is 19.6 Å². The molecule has 0 aromatic heterocycles. The van der Waals surface area contributed by atoms with Gasteiger partial charge < -0.3 is 0 Å². The summed E-state index contributed by atoms with van der Waals surface area (Å²) < 4.78 is 0. The predicted molar refractivity (Wildman–Crippen MR) is 56.3 cm³/mol. The summed E-state index contributed by atoms with van der Waals surface area (Å²) >= 11 is 0. The molecule has 2 aliphatic heterocycles. The minimum atomic E-state index is 0.296. The lowest BCUT2D eigenvalue weighted by Gasteiger charge is -2.32. The molecule has 2 aliphatic rings. The van der Waals surface area contributed by atoms with Gasteiger partial charge in [0.1, 0.15) is 0 Å². The molecule has 2 heteroatoms. The van der Waals surface area contributed by atoms with Gasteiger partial charge in [-0.1, -0.05) is 0 Å². The SMILES string of the molecule is CC1=NCC2=C1CN(C(C)(C)C)C2. The molecular weight excluding hydrogens is 160 g/mol. The molecular formula is C11H18N2. The van der Waals surface area contributed by atoms with Crippen molar-refractivity contribution in [3.8, 4) is 0 Å². The summed E-state index contributed by atoms with van der Waals surface area (Å²) in [5.41, 5.74) is 4.62. The maximum Gasteiger partial charge on any atom is 0.0622 e. The first-order valence-corrected chi connectivity index (χ1v) is 4.96. The van der Waals surface area contributed by atoms with E-state index in [0.29, 0.717) is 5.54 Å². The summed E-state index contributed by atoms with van der Waals surface area (Å²) in [6.45, 7) is 12.2. The molecule has 2 rings (SSSR count). The number of aliphatic imine (C=N–C) groups is 1. The summed E-state index contributed by atoms with van der Waals surface area (Å²) in [5, 5.41) is 0. The van der Waals surface area contributed by atoms with Crippen LogP contribution in [0.1, 0.15) is 27.7 Å². The van der Waals surface area contributed by atoms with Gasteiger partial charge in [0.2, 0.25) is 0 Å². The third kappa shape index (κ3) is 1.44. The summed E-state index contributed by atoms with van der Waals surface area (Å²) in [6.07, 6.45) is 0. The van der Waals surface area contributed by atoms with E-state index in [1.165, 1.54) is 11.3 Å². The highest BCUT2D eigenvalue weighted by Crippen LogP contribution is 2.28. The molecule has 0 saturated heterocycles. The van der Waals surface area contributed by atoms with Crippen LogP contribution in [-0.4, -0.2) is 35.8 Å². The van der Waals surface area contributed by atoms with Gasteiger partial charge in [-0.05, 0) is 38.8 Å². The topological polar surface area (TPSA) is 15.6 Å². The lowest BCUT2D eigenvalue weighted by molar-refractivity contribution is 0.179. The Morgan fingerprint density at radius 1 is 1.23 bits per heavy atom. The van der Waals surface area contributed by atoms with Gasteiger partial charge in [-0.2, -0.15) is 0 Å². The Kier molecular flexibility index (Phi) is 1.84. The fourth-order valence-electron chi connectivity index (χ4n) is 1.98. The van der Waals surface area contributed by atoms with Crippen LogP contribution in [0.4, 0.5) is 0 Å². The van der Waals surface area contributed by atoms with Crippen molar-refractivity contribution >= 4 is 5.71 Å². The Morgan fingerprint density at radius 3 is 2.46 bits per heavy atom. The monoisotopic (exact) mass is 178 g/mol. The largest absolute Gasteiger partial charge is 0.290 e. The average molecular weight is 178 g/mol. The van der Waals surface area contributed by atoms with Gasteiger partial charge in [-0.3, -0.25) is 9.89 Å². The highest BCUT2D eigenvalue weighted by atomic mass is 15.2. The lowest BCUT2D eigenvalue weighted by Crippen LogP contribution is -2.40. The maximum atomic E-state index is 4.45. The molecule has 0 bridgehead atoms. The van der Waals surface area contributed by atoms with Crippen molar-refractivity contribution in [3.63, 3.8) is 0 Å². The van der Waals surface area contributed by atoms with Gasteiger partial charge in [0.05, 0.1) is 6.54 Å². The number of hydrogen-bond donors (Lipinski definition) is 0. The summed E-state index contributed by atoms with van der Waals surface area (Å²) in [6, 6.07) is 0. The third-order valence-electron chi connectivity index (χ3n) is 3.05. The first-order valence-electron chi connectivity index (χ1n) is 4.96. The Hall–Kier alpha value is -0.630. The molecule has 0 amide bonds. The van der Waals surface area contributed by atoms with E-state index in [1.807, 2.05) is 0 Å². The van der Waals surface area contributed by atoms with Crippen molar-refractivity contribution in [1.82, 2.24) is 4.90 Å². The van der Waals surface area contributed by atoms with Gasteiger partial charge in [0, 0.05) is 24.3 Å². The summed E-state index contributed by atoms with van der Waals surface area (Å²) in [4.78, 5) is 6.98. The first-order chi connectivity index (χ1) is 5.98. The van der Waals surface area contributed by atoms with Crippen LogP contribution in [0.3, 0.4) is 0 Å². The van der Waals surface area contributed by atoms with E-state index in [-0.39, 0.29) is 0 Å². The van der Waals surface area contributed by atoms with Crippen LogP contribution in [0, 0.1) is 0 Å². The Labute approximate surface area is 80.3 Å². The van der Waals surface area contributed by atoms with Gasteiger partial charge in [0.15, 0.2) is 0 Å². The van der Waals surface area contributed by atoms with E-state index in [1.54, 1.807) is 5.57 Å². The minimum Gasteiger partial charge on any atom is -0.290 e. The zero-order chi connectivity index (χ0) is 9.64. The average Bonchev–Trinajstić information content (AvgIpc) is 2.51. The fraction of sp³-hybridized carbons (Fsp3) is 0.727. The molecule has 0 saturated carbocycles. The zero-order valence-electron chi connectivity index (χ0n) is 9.02. The Balaban J connectivity index is 2.13. The van der Waals surface area contributed by atoms with Crippen LogP contribution >= 0.6 is 0 Å². The molecule has 0 unspecified atom stereocenters. The fourth-order valence-corrected chi connectivity index (χ4v) is 1.98. The number of rotatable bonds is 0. The molecule has 0 aliphatic carbocycles. The molecule has 0 spiro atoms. The van der Waals surface area contributed by atoms with Crippen molar-refractivity contribution in [3.05, 3.63) is 11.1 Å². The second-order valence-electron chi connectivity index (χ2n) is 5.01. The molecule has 0 radical (unpaired) electrons. The van der Waals surface area contributed by atoms with Crippen LogP contribution in [0.5, 0.6) is 0 Å². The summed E-state index contributed by atoms with van der Waals surface area (Å²) in [7, 11) is 0. The molecule has 0 aromatic rings. The third-order valence-corrected chi connectivity index (χ3v) is 3.05. The molecule has 13 heavy (non-hydrogen) atoms. The van der Waals surface area contributed by atoms with Gasteiger partial charge in [-0.25, -0.2) is 0 Å². The molecule has 2 nitrogen and oxygen atoms in total. The highest BCUT2D eigenvalue weighted by molar-refractivity contribution is 6.01. The second-order valence-corrected chi connectivity index (χ2v) is 5.01. The summed E-state index contributed by atoms with van der Waals surface area (Å²) in [5.74, 6) is 0. The van der Waals surface area contributed by atoms with Crippen LogP contribution < -0.4 is 0 Å². The van der Waals surface area contributed by atoms with Crippen LogP contribution in [0.25, 0.3) is 0 Å². The number of hydrogen-bond acceptors (Lipinski definition) is 2. The van der Waals surface area contributed by atoms with Crippen molar-refractivity contribution in [1.29, 1.82) is 0 Å². The van der Waals surface area contributed by atoms with Crippen LogP contribution in [0.2, 0.25) is 0 Å². The lowest BCUT2D eigenvalue weighted by atomic mass is 10.1. The predicted octanol–water partition coefficient (Wildman–Crippen LogP) is 1.87. The van der Waals surface area contributed by atoms with E-state index >= 15 is 0 Å². The molecule has 0 aromatic carbocycles. The molecule has 0 atom stereocenters. The quantitative estimate of drug-likeness (QED) is 0.553. The smallest absolute Gasteiger partial charge is 0.0622 e. The van der Waals surface area contributed by atoms with E-state index < -0.39 is 0 Å². The van der Waals surface area contributed by atoms with Crippen molar-refractivity contribution in [2.45, 2.75) is 33.2 Å². The highest BCUT2D eigenvalue weighted by Gasteiger charge is 2.32. The molecule has 0 N–H and O–H groups in total. The van der Waals surface area contributed by atoms with Crippen molar-refractivity contribution in [2.75, 3.05) is 19.6 Å². The molecule has 72 valence electrons.